The molecule has 8 heteroatoms. The molecule has 0 radical (unpaired) electrons. The first-order valence-electron chi connectivity index (χ1n) is 7.01. The smallest absolute Gasteiger partial charge is 0.344 e. The van der Waals surface area contributed by atoms with Crippen molar-refractivity contribution in [2.45, 2.75) is 6.92 Å². The van der Waals surface area contributed by atoms with Gasteiger partial charge in [-0.15, -0.1) is 0 Å². The van der Waals surface area contributed by atoms with Crippen molar-refractivity contribution in [1.82, 2.24) is 4.98 Å². The summed E-state index contributed by atoms with van der Waals surface area (Å²) in [5, 5.41) is 2.01. The van der Waals surface area contributed by atoms with Crippen LogP contribution in [0.15, 0.2) is 36.5 Å². The molecule has 1 heterocycles. The van der Waals surface area contributed by atoms with E-state index in [2.05, 4.69) is 4.98 Å². The first kappa shape index (κ1) is 17.3. The summed E-state index contributed by atoms with van der Waals surface area (Å²) in [4.78, 5) is 27.5. The van der Waals surface area contributed by atoms with Crippen LogP contribution in [0.25, 0.3) is 0 Å². The van der Waals surface area contributed by atoms with Crippen LogP contribution in [0.1, 0.15) is 17.3 Å². The van der Waals surface area contributed by atoms with Gasteiger partial charge in [-0.3, -0.25) is 4.79 Å². The molecule has 2 aromatic rings. The van der Waals surface area contributed by atoms with Crippen LogP contribution in [0.4, 0.5) is 14.5 Å². The van der Waals surface area contributed by atoms with E-state index < -0.39 is 35.8 Å². The van der Waals surface area contributed by atoms with E-state index in [1.54, 1.807) is 6.92 Å². The van der Waals surface area contributed by atoms with Crippen LogP contribution in [0.3, 0.4) is 0 Å². The molecule has 0 fully saturated rings. The van der Waals surface area contributed by atoms with Gasteiger partial charge in [0.15, 0.2) is 6.61 Å². The topological polar surface area (TPSA) is 77.5 Å². The number of amides is 1. The Morgan fingerprint density at radius 1 is 1.17 bits per heavy atom. The Morgan fingerprint density at radius 3 is 2.54 bits per heavy atom. The van der Waals surface area contributed by atoms with Gasteiger partial charge in [-0.2, -0.15) is 0 Å². The Hall–Kier alpha value is -3.03. The van der Waals surface area contributed by atoms with Gasteiger partial charge in [0, 0.05) is 6.20 Å². The van der Waals surface area contributed by atoms with Gasteiger partial charge >= 0.3 is 5.97 Å². The van der Waals surface area contributed by atoms with E-state index in [-0.39, 0.29) is 11.4 Å². The fraction of sp³-hybridized carbons (Fsp3) is 0.188. The number of para-hydroxylation sites is 1. The summed E-state index contributed by atoms with van der Waals surface area (Å²) in [6.07, 6.45) is 1.44. The third-order valence-electron chi connectivity index (χ3n) is 2.83. The van der Waals surface area contributed by atoms with Crippen molar-refractivity contribution < 1.29 is 27.8 Å². The second-order valence-corrected chi connectivity index (χ2v) is 4.51. The number of anilines is 1. The molecule has 1 N–H and O–H groups in total. The zero-order valence-corrected chi connectivity index (χ0v) is 12.7. The van der Waals surface area contributed by atoms with E-state index >= 15 is 0 Å². The van der Waals surface area contributed by atoms with Crippen molar-refractivity contribution >= 4 is 17.6 Å². The SMILES string of the molecule is CCOc1ncccc1C(=O)OCC(=O)Nc1c(F)cccc1F. The molecular weight excluding hydrogens is 322 g/mol. The van der Waals surface area contributed by atoms with Crippen molar-refractivity contribution in [2.24, 2.45) is 0 Å². The number of halogens is 2. The Balaban J connectivity index is 1.98. The quantitative estimate of drug-likeness (QED) is 0.820. The van der Waals surface area contributed by atoms with Crippen LogP contribution in [0, 0.1) is 11.6 Å². The summed E-state index contributed by atoms with van der Waals surface area (Å²) in [5.41, 5.74) is -0.556. The maximum absolute atomic E-state index is 13.4. The highest BCUT2D eigenvalue weighted by Gasteiger charge is 2.17. The summed E-state index contributed by atoms with van der Waals surface area (Å²) in [5.74, 6) is -3.50. The lowest BCUT2D eigenvalue weighted by atomic mass is 10.3. The molecule has 6 nitrogen and oxygen atoms in total. The van der Waals surface area contributed by atoms with Crippen LogP contribution in [0.5, 0.6) is 5.88 Å². The van der Waals surface area contributed by atoms with Crippen molar-refractivity contribution in [1.29, 1.82) is 0 Å². The van der Waals surface area contributed by atoms with Gasteiger partial charge in [0.2, 0.25) is 5.88 Å². The molecule has 0 aliphatic carbocycles. The number of rotatable bonds is 6. The number of ether oxygens (including phenoxy) is 2. The number of hydrogen-bond donors (Lipinski definition) is 1. The third kappa shape index (κ3) is 4.25. The number of carbonyl (C=O) groups excluding carboxylic acids is 2. The molecule has 0 aliphatic heterocycles. The summed E-state index contributed by atoms with van der Waals surface area (Å²) in [7, 11) is 0. The summed E-state index contributed by atoms with van der Waals surface area (Å²) in [6, 6.07) is 6.09. The Morgan fingerprint density at radius 2 is 1.88 bits per heavy atom. The molecular formula is C16H14F2N2O4. The molecule has 1 aromatic carbocycles. The zero-order valence-electron chi connectivity index (χ0n) is 12.7. The molecule has 0 aliphatic rings. The molecule has 0 atom stereocenters. The van der Waals surface area contributed by atoms with E-state index in [1.165, 1.54) is 18.3 Å². The average molecular weight is 336 g/mol. The van der Waals surface area contributed by atoms with Crippen LogP contribution in [0.2, 0.25) is 0 Å². The molecule has 2 rings (SSSR count). The maximum Gasteiger partial charge on any atom is 0.344 e. The van der Waals surface area contributed by atoms with Gasteiger partial charge in [0.25, 0.3) is 5.91 Å². The van der Waals surface area contributed by atoms with Crippen molar-refractivity contribution in [3.63, 3.8) is 0 Å². The molecule has 126 valence electrons. The highest BCUT2D eigenvalue weighted by Crippen LogP contribution is 2.18. The highest BCUT2D eigenvalue weighted by atomic mass is 19.1. The van der Waals surface area contributed by atoms with Crippen LogP contribution in [-0.2, 0) is 9.53 Å². The van der Waals surface area contributed by atoms with E-state index in [0.29, 0.717) is 6.61 Å². The first-order chi connectivity index (χ1) is 11.5. The Bertz CT molecular complexity index is 732. The predicted molar refractivity (Wildman–Crippen MR) is 80.7 cm³/mol. The van der Waals surface area contributed by atoms with Gasteiger partial charge in [-0.05, 0) is 31.2 Å². The van der Waals surface area contributed by atoms with E-state index in [0.717, 1.165) is 18.2 Å². The second kappa shape index (κ2) is 8.00. The summed E-state index contributed by atoms with van der Waals surface area (Å²) < 4.78 is 36.8. The fourth-order valence-electron chi connectivity index (χ4n) is 1.80. The largest absolute Gasteiger partial charge is 0.477 e. The number of nitrogens with one attached hydrogen (secondary N) is 1. The highest BCUT2D eigenvalue weighted by molar-refractivity contribution is 5.96. The lowest BCUT2D eigenvalue weighted by molar-refractivity contribution is -0.119. The van der Waals surface area contributed by atoms with E-state index in [9.17, 15) is 18.4 Å². The number of nitrogens with zero attached hydrogens (tertiary/aromatic N) is 1. The van der Waals surface area contributed by atoms with Gasteiger partial charge in [0.1, 0.15) is 22.9 Å². The second-order valence-electron chi connectivity index (χ2n) is 4.51. The van der Waals surface area contributed by atoms with E-state index in [1.807, 2.05) is 5.32 Å². The predicted octanol–water partition coefficient (Wildman–Crippen LogP) is 2.55. The van der Waals surface area contributed by atoms with Crippen molar-refractivity contribution in [3.05, 3.63) is 53.7 Å². The molecule has 0 saturated heterocycles. The first-order valence-corrected chi connectivity index (χ1v) is 7.01. The fourth-order valence-corrected chi connectivity index (χ4v) is 1.80. The van der Waals surface area contributed by atoms with Crippen molar-refractivity contribution in [3.8, 4) is 5.88 Å². The number of pyridine rings is 1. The lowest BCUT2D eigenvalue weighted by Gasteiger charge is -2.10. The Labute approximate surface area is 136 Å². The Kier molecular flexibility index (Phi) is 5.78. The minimum absolute atomic E-state index is 0.0456. The minimum atomic E-state index is -0.930. The molecule has 0 spiro atoms. The number of benzene rings is 1. The molecule has 0 bridgehead atoms. The number of esters is 1. The van der Waals surface area contributed by atoms with Gasteiger partial charge in [0.05, 0.1) is 6.61 Å². The number of aromatic nitrogens is 1. The van der Waals surface area contributed by atoms with E-state index in [4.69, 9.17) is 9.47 Å². The summed E-state index contributed by atoms with van der Waals surface area (Å²) >= 11 is 0. The van der Waals surface area contributed by atoms with Gasteiger partial charge in [-0.1, -0.05) is 6.07 Å². The number of hydrogen-bond acceptors (Lipinski definition) is 5. The zero-order chi connectivity index (χ0) is 17.5. The average Bonchev–Trinajstić information content (AvgIpc) is 2.57. The monoisotopic (exact) mass is 336 g/mol. The maximum atomic E-state index is 13.4. The molecule has 0 unspecified atom stereocenters. The molecule has 0 saturated carbocycles. The molecule has 24 heavy (non-hydrogen) atoms. The van der Waals surface area contributed by atoms with Crippen LogP contribution < -0.4 is 10.1 Å². The molecule has 1 amide bonds. The van der Waals surface area contributed by atoms with Gasteiger partial charge in [-0.25, -0.2) is 18.6 Å². The number of carbonyl (C=O) groups is 2. The van der Waals surface area contributed by atoms with Crippen molar-refractivity contribution in [2.75, 3.05) is 18.5 Å². The normalized spacial score (nSPS) is 10.1. The van der Waals surface area contributed by atoms with Crippen LogP contribution >= 0.6 is 0 Å². The third-order valence-corrected chi connectivity index (χ3v) is 2.83. The van der Waals surface area contributed by atoms with Gasteiger partial charge < -0.3 is 14.8 Å². The van der Waals surface area contributed by atoms with Crippen LogP contribution in [-0.4, -0.2) is 30.1 Å². The lowest BCUT2D eigenvalue weighted by Crippen LogP contribution is -2.22. The molecule has 1 aromatic heterocycles. The minimum Gasteiger partial charge on any atom is -0.477 e. The standard InChI is InChI=1S/C16H14F2N2O4/c1-2-23-15-10(5-4-8-19-15)16(22)24-9-13(21)20-14-11(17)6-3-7-12(14)18/h3-8H,2,9H2,1H3,(H,20,21). The summed E-state index contributed by atoms with van der Waals surface area (Å²) in [6.45, 7) is 1.30.